The van der Waals surface area contributed by atoms with E-state index in [2.05, 4.69) is 9.88 Å². The van der Waals surface area contributed by atoms with E-state index in [-0.39, 0.29) is 29.9 Å². The number of esters is 1. The van der Waals surface area contributed by atoms with Crippen molar-refractivity contribution in [2.45, 2.75) is 82.3 Å². The molecule has 0 atom stereocenters. The molecule has 1 aromatic carbocycles. The maximum absolute atomic E-state index is 13.4. The van der Waals surface area contributed by atoms with Crippen LogP contribution in [0.25, 0.3) is 5.69 Å². The second kappa shape index (κ2) is 9.47. The minimum Gasteiger partial charge on any atom is -0.461 e. The lowest BCUT2D eigenvalue weighted by atomic mass is 9.89. The van der Waals surface area contributed by atoms with E-state index in [9.17, 15) is 18.0 Å². The molecule has 1 saturated carbocycles. The van der Waals surface area contributed by atoms with E-state index >= 15 is 0 Å². The van der Waals surface area contributed by atoms with Crippen molar-refractivity contribution in [3.05, 3.63) is 40.7 Å². The van der Waals surface area contributed by atoms with Crippen LogP contribution < -0.4 is 16.8 Å². The molecule has 37 heavy (non-hydrogen) atoms. The van der Waals surface area contributed by atoms with Gasteiger partial charge in [0.1, 0.15) is 6.10 Å². The molecular formula is C27H36N4O5S. The zero-order valence-corrected chi connectivity index (χ0v) is 22.3. The number of nitrogens with two attached hydrogens (primary N) is 2. The Morgan fingerprint density at radius 2 is 1.86 bits per heavy atom. The molecule has 3 aliphatic rings. The van der Waals surface area contributed by atoms with E-state index in [1.54, 1.807) is 6.07 Å². The number of aromatic nitrogens is 1. The monoisotopic (exact) mass is 528 g/mol. The third-order valence-corrected chi connectivity index (χ3v) is 10.1. The summed E-state index contributed by atoms with van der Waals surface area (Å²) in [5.74, 6) is -0.767. The fraction of sp³-hybridized carbons (Fsp3) is 0.556. The van der Waals surface area contributed by atoms with Gasteiger partial charge in [0.25, 0.3) is 5.91 Å². The standard InChI is InChI=1S/C27H36N4O5S/c1-27(2)13-23-25(37(34,35)15-27)20-4-3-5-22(20)31(23)17-8-11-19(26(29)33)21(12-17)30-16-6-9-18(10-7-16)36-24(32)14-28/h8,11-12,16,18,30H,3-7,9-10,13-15,28H2,1-2H3,(H2,29,33)/t16-,18-. The molecule has 0 saturated heterocycles. The number of ether oxygens (including phenoxy) is 1. The topological polar surface area (TPSA) is 147 Å². The van der Waals surface area contributed by atoms with Gasteiger partial charge in [-0.2, -0.15) is 0 Å². The largest absolute Gasteiger partial charge is 0.461 e. The Balaban J connectivity index is 1.49. The molecule has 0 radical (unpaired) electrons. The van der Waals surface area contributed by atoms with Gasteiger partial charge in [-0.25, -0.2) is 8.42 Å². The second-order valence-electron chi connectivity index (χ2n) is 11.4. The van der Waals surface area contributed by atoms with Crippen molar-refractivity contribution in [3.63, 3.8) is 0 Å². The number of benzene rings is 1. The van der Waals surface area contributed by atoms with Crippen molar-refractivity contribution in [2.75, 3.05) is 17.6 Å². The fourth-order valence-corrected chi connectivity index (χ4v) is 8.76. The molecule has 1 aliphatic heterocycles. The lowest BCUT2D eigenvalue weighted by molar-refractivity contribution is -0.148. The quantitative estimate of drug-likeness (QED) is 0.489. The SMILES string of the molecule is CC1(C)Cc2c(c3c(n2-c2ccc(C(N)=O)c(N[C@H]4CC[C@H](OC(=O)CN)CC4)c2)CCC3)S(=O)(=O)C1. The first-order valence-corrected chi connectivity index (χ1v) is 14.7. The molecule has 1 fully saturated rings. The van der Waals surface area contributed by atoms with Gasteiger partial charge in [-0.05, 0) is 80.5 Å². The molecule has 0 bridgehead atoms. The van der Waals surface area contributed by atoms with Crippen LogP contribution in [0.2, 0.25) is 0 Å². The molecule has 5 N–H and O–H groups in total. The number of amides is 1. The van der Waals surface area contributed by atoms with E-state index in [0.717, 1.165) is 54.7 Å². The first-order chi connectivity index (χ1) is 17.5. The van der Waals surface area contributed by atoms with Crippen LogP contribution in [0.3, 0.4) is 0 Å². The van der Waals surface area contributed by atoms with Crippen LogP contribution in [0.4, 0.5) is 5.69 Å². The van der Waals surface area contributed by atoms with E-state index in [0.29, 0.717) is 35.4 Å². The summed E-state index contributed by atoms with van der Waals surface area (Å²) in [4.78, 5) is 24.3. The number of anilines is 1. The third kappa shape index (κ3) is 4.88. The van der Waals surface area contributed by atoms with Gasteiger partial charge in [0.2, 0.25) is 0 Å². The smallest absolute Gasteiger partial charge is 0.319 e. The second-order valence-corrected chi connectivity index (χ2v) is 13.3. The van der Waals surface area contributed by atoms with E-state index in [1.165, 1.54) is 0 Å². The Morgan fingerprint density at radius 1 is 1.14 bits per heavy atom. The zero-order valence-electron chi connectivity index (χ0n) is 21.5. The highest BCUT2D eigenvalue weighted by Crippen LogP contribution is 2.44. The molecule has 200 valence electrons. The van der Waals surface area contributed by atoms with Gasteiger partial charge in [0.15, 0.2) is 9.84 Å². The average molecular weight is 529 g/mol. The number of carbonyl (C=O) groups excluding carboxylic acids is 2. The summed E-state index contributed by atoms with van der Waals surface area (Å²) in [6.07, 6.45) is 6.00. The van der Waals surface area contributed by atoms with Gasteiger partial charge in [-0.1, -0.05) is 13.8 Å². The number of sulfone groups is 1. The predicted octanol–water partition coefficient (Wildman–Crippen LogP) is 2.65. The number of fused-ring (bicyclic) bond motifs is 3. The Morgan fingerprint density at radius 3 is 2.54 bits per heavy atom. The van der Waals surface area contributed by atoms with Crippen molar-refractivity contribution in [1.29, 1.82) is 0 Å². The molecule has 1 aromatic heterocycles. The van der Waals surface area contributed by atoms with Crippen LogP contribution in [-0.4, -0.2) is 49.3 Å². The number of hydrogen-bond acceptors (Lipinski definition) is 7. The van der Waals surface area contributed by atoms with Crippen LogP contribution in [0.15, 0.2) is 23.1 Å². The molecule has 10 heteroatoms. The highest BCUT2D eigenvalue weighted by atomic mass is 32.2. The van der Waals surface area contributed by atoms with Crippen LogP contribution in [0, 0.1) is 5.41 Å². The summed E-state index contributed by atoms with van der Waals surface area (Å²) in [5, 5.41) is 3.50. The summed E-state index contributed by atoms with van der Waals surface area (Å²) in [5.41, 5.74) is 15.5. The maximum atomic E-state index is 13.4. The summed E-state index contributed by atoms with van der Waals surface area (Å²) in [7, 11) is -3.39. The number of primary amides is 1. The Bertz CT molecular complexity index is 1350. The van der Waals surface area contributed by atoms with E-state index < -0.39 is 21.7 Å². The first-order valence-electron chi connectivity index (χ1n) is 13.1. The van der Waals surface area contributed by atoms with Crippen molar-refractivity contribution >= 4 is 27.4 Å². The Kier molecular flexibility index (Phi) is 6.60. The number of hydrogen-bond donors (Lipinski definition) is 3. The molecule has 9 nitrogen and oxygen atoms in total. The van der Waals surface area contributed by atoms with E-state index in [4.69, 9.17) is 16.2 Å². The molecule has 2 heterocycles. The van der Waals surface area contributed by atoms with Crippen LogP contribution in [-0.2, 0) is 38.6 Å². The summed E-state index contributed by atoms with van der Waals surface area (Å²) >= 11 is 0. The van der Waals surface area contributed by atoms with Gasteiger partial charge in [0.05, 0.1) is 22.8 Å². The van der Waals surface area contributed by atoms with Crippen molar-refractivity contribution in [3.8, 4) is 5.69 Å². The predicted molar refractivity (Wildman–Crippen MR) is 141 cm³/mol. The van der Waals surface area contributed by atoms with Gasteiger partial charge in [0, 0.05) is 28.8 Å². The van der Waals surface area contributed by atoms with E-state index in [1.807, 2.05) is 26.0 Å². The van der Waals surface area contributed by atoms with Crippen molar-refractivity contribution < 1.29 is 22.7 Å². The number of nitrogens with one attached hydrogen (secondary N) is 1. The molecular weight excluding hydrogens is 492 g/mol. The Labute approximate surface area is 217 Å². The number of rotatable bonds is 6. The molecule has 0 unspecified atom stereocenters. The lowest BCUT2D eigenvalue weighted by Crippen LogP contribution is -2.33. The molecule has 2 aromatic rings. The lowest BCUT2D eigenvalue weighted by Gasteiger charge is -2.31. The summed E-state index contributed by atoms with van der Waals surface area (Å²) < 4.78 is 34.2. The minimum atomic E-state index is -3.39. The van der Waals surface area contributed by atoms with Crippen LogP contribution in [0.1, 0.15) is 73.3 Å². The third-order valence-electron chi connectivity index (χ3n) is 7.83. The van der Waals surface area contributed by atoms with Crippen LogP contribution >= 0.6 is 0 Å². The first kappa shape index (κ1) is 25.8. The average Bonchev–Trinajstić information content (AvgIpc) is 3.38. The molecule has 0 spiro atoms. The normalized spacial score (nSPS) is 23.6. The highest BCUT2D eigenvalue weighted by Gasteiger charge is 2.42. The van der Waals surface area contributed by atoms with Crippen LogP contribution in [0.5, 0.6) is 0 Å². The van der Waals surface area contributed by atoms with Crippen molar-refractivity contribution in [2.24, 2.45) is 16.9 Å². The fourth-order valence-electron chi connectivity index (χ4n) is 6.37. The van der Waals surface area contributed by atoms with Gasteiger partial charge < -0.3 is 26.1 Å². The van der Waals surface area contributed by atoms with Gasteiger partial charge in [-0.3, -0.25) is 9.59 Å². The Hall–Kier alpha value is -2.85. The van der Waals surface area contributed by atoms with Gasteiger partial charge in [-0.15, -0.1) is 0 Å². The van der Waals surface area contributed by atoms with Crippen molar-refractivity contribution in [1.82, 2.24) is 4.57 Å². The summed E-state index contributed by atoms with van der Waals surface area (Å²) in [6.45, 7) is 3.87. The maximum Gasteiger partial charge on any atom is 0.319 e. The minimum absolute atomic E-state index is 0.0878. The number of carbonyl (C=O) groups is 2. The summed E-state index contributed by atoms with van der Waals surface area (Å²) in [6, 6.07) is 5.60. The number of nitrogens with zero attached hydrogens (tertiary/aromatic N) is 1. The zero-order chi connectivity index (χ0) is 26.5. The molecule has 1 amide bonds. The van der Waals surface area contributed by atoms with Gasteiger partial charge >= 0.3 is 5.97 Å². The highest BCUT2D eigenvalue weighted by molar-refractivity contribution is 7.91. The molecule has 2 aliphatic carbocycles. The molecule has 5 rings (SSSR count).